The van der Waals surface area contributed by atoms with Crippen LogP contribution in [0.25, 0.3) is 0 Å². The van der Waals surface area contributed by atoms with Gasteiger partial charge in [-0.15, -0.1) is 0 Å². The van der Waals surface area contributed by atoms with Crippen LogP contribution >= 0.6 is 15.9 Å². The highest BCUT2D eigenvalue weighted by molar-refractivity contribution is 9.10. The molecule has 0 aliphatic heterocycles. The maximum Gasteiger partial charge on any atom is 0.265 e. The molecule has 0 unspecified atom stereocenters. The summed E-state index contributed by atoms with van der Waals surface area (Å²) in [5.41, 5.74) is 0.852. The maximum atomic E-state index is 14.5. The number of nitrogens with one attached hydrogen (secondary N) is 1. The average molecular weight is 733 g/mol. The summed E-state index contributed by atoms with van der Waals surface area (Å²) >= 11 is 3.44. The van der Waals surface area contributed by atoms with Gasteiger partial charge in [0.2, 0.25) is 11.8 Å². The largest absolute Gasteiger partial charge is 0.497 e. The van der Waals surface area contributed by atoms with Crippen molar-refractivity contribution in [3.63, 3.8) is 0 Å². The standard InChI is InChI=1S/C34H42BrN3O8S/c1-23(34(40)36-26-9-7-6-8-10-26)37(21-24-11-13-25(35)14-12-24)33(39)22-38(29-19-27(43-2)15-17-30(29)44-3)47(41,42)28-16-18-31(45-4)32(20-28)46-5/h11-20,23,26H,6-10,21-22H2,1-5H3,(H,36,40)/t23-/m1/s1. The maximum absolute atomic E-state index is 14.5. The van der Waals surface area contributed by atoms with Crippen molar-refractivity contribution < 1.29 is 37.0 Å². The minimum Gasteiger partial charge on any atom is -0.497 e. The Morgan fingerprint density at radius 2 is 1.49 bits per heavy atom. The van der Waals surface area contributed by atoms with Gasteiger partial charge < -0.3 is 29.2 Å². The number of benzene rings is 3. The van der Waals surface area contributed by atoms with E-state index in [1.165, 1.54) is 57.6 Å². The molecule has 1 saturated carbocycles. The van der Waals surface area contributed by atoms with E-state index in [1.54, 1.807) is 19.1 Å². The van der Waals surface area contributed by atoms with Crippen molar-refractivity contribution >= 4 is 43.5 Å². The highest BCUT2D eigenvalue weighted by Crippen LogP contribution is 2.38. The number of carbonyl (C=O) groups is 2. The van der Waals surface area contributed by atoms with Crippen LogP contribution in [-0.4, -0.2) is 72.2 Å². The van der Waals surface area contributed by atoms with Crippen LogP contribution in [-0.2, 0) is 26.2 Å². The summed E-state index contributed by atoms with van der Waals surface area (Å²) in [5.74, 6) is 0.204. The van der Waals surface area contributed by atoms with Crippen molar-refractivity contribution in [2.75, 3.05) is 39.3 Å². The topological polar surface area (TPSA) is 124 Å². The summed E-state index contributed by atoms with van der Waals surface area (Å²) < 4.78 is 52.4. The van der Waals surface area contributed by atoms with Gasteiger partial charge in [-0.25, -0.2) is 8.42 Å². The number of carbonyl (C=O) groups excluding carboxylic acids is 2. The van der Waals surface area contributed by atoms with Crippen LogP contribution in [0.15, 0.2) is 70.0 Å². The molecule has 13 heteroatoms. The van der Waals surface area contributed by atoms with Crippen molar-refractivity contribution in [3.05, 3.63) is 70.7 Å². The molecule has 1 fully saturated rings. The van der Waals surface area contributed by atoms with Gasteiger partial charge in [-0.1, -0.05) is 47.3 Å². The number of amides is 2. The third-order valence-corrected chi connectivity index (χ3v) is 10.5. The number of hydrogen-bond donors (Lipinski definition) is 1. The molecule has 0 heterocycles. The van der Waals surface area contributed by atoms with Crippen LogP contribution in [0.2, 0.25) is 0 Å². The summed E-state index contributed by atoms with van der Waals surface area (Å²) in [5, 5.41) is 3.11. The lowest BCUT2D eigenvalue weighted by Gasteiger charge is -2.33. The van der Waals surface area contributed by atoms with Gasteiger partial charge in [-0.05, 0) is 61.7 Å². The average Bonchev–Trinajstić information content (AvgIpc) is 3.09. The summed E-state index contributed by atoms with van der Waals surface area (Å²) in [6, 6.07) is 15.4. The van der Waals surface area contributed by atoms with Gasteiger partial charge in [-0.3, -0.25) is 13.9 Å². The van der Waals surface area contributed by atoms with Crippen molar-refractivity contribution in [3.8, 4) is 23.0 Å². The van der Waals surface area contributed by atoms with E-state index in [2.05, 4.69) is 21.2 Å². The minimum atomic E-state index is -4.44. The smallest absolute Gasteiger partial charge is 0.265 e. The van der Waals surface area contributed by atoms with Gasteiger partial charge in [0.15, 0.2) is 11.5 Å². The summed E-state index contributed by atoms with van der Waals surface area (Å²) in [4.78, 5) is 29.3. The van der Waals surface area contributed by atoms with E-state index in [-0.39, 0.29) is 40.6 Å². The van der Waals surface area contributed by atoms with E-state index < -0.39 is 28.5 Å². The second-order valence-corrected chi connectivity index (χ2v) is 14.0. The highest BCUT2D eigenvalue weighted by atomic mass is 79.9. The van der Waals surface area contributed by atoms with Gasteiger partial charge in [0.05, 0.1) is 39.0 Å². The first-order chi connectivity index (χ1) is 22.5. The summed E-state index contributed by atoms with van der Waals surface area (Å²) in [6.07, 6.45) is 4.96. The van der Waals surface area contributed by atoms with Crippen LogP contribution in [0.1, 0.15) is 44.6 Å². The first kappa shape index (κ1) is 35.9. The fourth-order valence-corrected chi connectivity index (χ4v) is 7.24. The number of nitrogens with zero attached hydrogens (tertiary/aromatic N) is 2. The van der Waals surface area contributed by atoms with E-state index in [0.29, 0.717) is 11.5 Å². The Morgan fingerprint density at radius 1 is 0.851 bits per heavy atom. The Kier molecular flexibility index (Phi) is 12.4. The summed E-state index contributed by atoms with van der Waals surface area (Å²) in [6.45, 7) is 1.09. The van der Waals surface area contributed by atoms with Gasteiger partial charge >= 0.3 is 0 Å². The highest BCUT2D eigenvalue weighted by Gasteiger charge is 2.35. The molecule has 1 N–H and O–H groups in total. The second kappa shape index (κ2) is 16.2. The van der Waals surface area contributed by atoms with Gasteiger partial charge in [0, 0.05) is 29.2 Å². The van der Waals surface area contributed by atoms with Crippen molar-refractivity contribution in [2.45, 2.75) is 62.6 Å². The Labute approximate surface area is 285 Å². The molecular formula is C34H42BrN3O8S. The number of halogens is 1. The summed E-state index contributed by atoms with van der Waals surface area (Å²) in [7, 11) is 1.28. The lowest BCUT2D eigenvalue weighted by Crippen LogP contribution is -2.53. The molecule has 11 nitrogen and oxygen atoms in total. The fraction of sp³-hybridized carbons (Fsp3) is 0.412. The third-order valence-electron chi connectivity index (χ3n) is 8.26. The van der Waals surface area contributed by atoms with Crippen LogP contribution in [0, 0.1) is 0 Å². The van der Waals surface area contributed by atoms with E-state index in [1.807, 2.05) is 24.3 Å². The zero-order valence-electron chi connectivity index (χ0n) is 27.3. The molecular weight excluding hydrogens is 690 g/mol. The Bertz CT molecular complexity index is 1650. The quantitative estimate of drug-likeness (QED) is 0.229. The predicted octanol–water partition coefficient (Wildman–Crippen LogP) is 5.55. The van der Waals surface area contributed by atoms with Crippen molar-refractivity contribution in [1.29, 1.82) is 0 Å². The number of hydrogen-bond acceptors (Lipinski definition) is 8. The van der Waals surface area contributed by atoms with E-state index >= 15 is 0 Å². The number of methoxy groups -OCH3 is 4. The zero-order chi connectivity index (χ0) is 34.1. The molecule has 1 atom stereocenters. The Hall–Kier alpha value is -3.97. The van der Waals surface area contributed by atoms with Gasteiger partial charge in [0.25, 0.3) is 10.0 Å². The van der Waals surface area contributed by atoms with Gasteiger partial charge in [-0.2, -0.15) is 0 Å². The molecule has 0 bridgehead atoms. The predicted molar refractivity (Wildman–Crippen MR) is 183 cm³/mol. The second-order valence-electron chi connectivity index (χ2n) is 11.2. The Morgan fingerprint density at radius 3 is 2.11 bits per heavy atom. The number of rotatable bonds is 14. The third kappa shape index (κ3) is 8.69. The number of sulfonamides is 1. The molecule has 254 valence electrons. The minimum absolute atomic E-state index is 0.0336. The molecule has 1 aliphatic carbocycles. The first-order valence-corrected chi connectivity index (χ1v) is 17.6. The van der Waals surface area contributed by atoms with Crippen molar-refractivity contribution in [1.82, 2.24) is 10.2 Å². The van der Waals surface area contributed by atoms with E-state index in [0.717, 1.165) is 46.4 Å². The molecule has 3 aromatic rings. The molecule has 2 amide bonds. The lowest BCUT2D eigenvalue weighted by atomic mass is 9.95. The molecule has 3 aromatic carbocycles. The lowest BCUT2D eigenvalue weighted by molar-refractivity contribution is -0.139. The zero-order valence-corrected chi connectivity index (χ0v) is 29.7. The van der Waals surface area contributed by atoms with Crippen LogP contribution in [0.4, 0.5) is 5.69 Å². The fourth-order valence-electron chi connectivity index (χ4n) is 5.55. The molecule has 0 spiro atoms. The molecule has 0 saturated heterocycles. The normalized spacial score (nSPS) is 14.1. The monoisotopic (exact) mass is 731 g/mol. The van der Waals surface area contributed by atoms with E-state index in [4.69, 9.17) is 18.9 Å². The van der Waals surface area contributed by atoms with Gasteiger partial charge in [0.1, 0.15) is 24.1 Å². The molecule has 0 aromatic heterocycles. The molecule has 1 aliphatic rings. The van der Waals surface area contributed by atoms with Crippen molar-refractivity contribution in [2.24, 2.45) is 0 Å². The number of anilines is 1. The molecule has 4 rings (SSSR count). The van der Waals surface area contributed by atoms with Crippen LogP contribution in [0.5, 0.6) is 23.0 Å². The van der Waals surface area contributed by atoms with E-state index in [9.17, 15) is 18.0 Å². The van der Waals surface area contributed by atoms with Crippen LogP contribution < -0.4 is 28.6 Å². The SMILES string of the molecule is COc1ccc(OC)c(N(CC(=O)N(Cc2ccc(Br)cc2)[C@H](C)C(=O)NC2CCCCC2)S(=O)(=O)c2ccc(OC)c(OC)c2)c1. The first-order valence-electron chi connectivity index (χ1n) is 15.3. The molecule has 47 heavy (non-hydrogen) atoms. The Balaban J connectivity index is 1.78. The molecule has 0 radical (unpaired) electrons. The number of ether oxygens (including phenoxy) is 4. The van der Waals surface area contributed by atoms with Crippen LogP contribution in [0.3, 0.4) is 0 Å².